The van der Waals surface area contributed by atoms with Crippen molar-refractivity contribution >= 4 is 11.6 Å². The van der Waals surface area contributed by atoms with Gasteiger partial charge >= 0.3 is 0 Å². The first-order chi connectivity index (χ1) is 12.9. The number of nitrogens with one attached hydrogen (secondary N) is 2. The molecule has 27 heavy (non-hydrogen) atoms. The fraction of sp³-hybridized carbons (Fsp3) is 0.316. The Balaban J connectivity index is 1.79. The highest BCUT2D eigenvalue weighted by atomic mass is 19.2. The number of carbonyl (C=O) groups excluding carboxylic acids is 1. The maximum absolute atomic E-state index is 13.6. The Morgan fingerprint density at radius 1 is 1.22 bits per heavy atom. The van der Waals surface area contributed by atoms with Crippen molar-refractivity contribution in [2.24, 2.45) is 0 Å². The van der Waals surface area contributed by atoms with Crippen molar-refractivity contribution in [1.29, 1.82) is 0 Å². The number of rotatable bonds is 4. The van der Waals surface area contributed by atoms with E-state index >= 15 is 0 Å². The van der Waals surface area contributed by atoms with Gasteiger partial charge < -0.3 is 10.6 Å². The quantitative estimate of drug-likeness (QED) is 0.635. The van der Waals surface area contributed by atoms with Crippen molar-refractivity contribution in [2.75, 3.05) is 13.1 Å². The van der Waals surface area contributed by atoms with E-state index in [1.807, 2.05) is 0 Å². The fourth-order valence-electron chi connectivity index (χ4n) is 3.41. The molecular weight excluding hydrogens is 356 g/mol. The van der Waals surface area contributed by atoms with Crippen molar-refractivity contribution in [2.45, 2.75) is 25.3 Å². The molecule has 2 N–H and O–H groups in total. The molecule has 8 heteroatoms. The number of amides is 1. The second-order valence-corrected chi connectivity index (χ2v) is 6.61. The van der Waals surface area contributed by atoms with E-state index in [2.05, 4.69) is 10.6 Å². The van der Waals surface area contributed by atoms with E-state index in [4.69, 9.17) is 0 Å². The maximum Gasteiger partial charge on any atom is 0.272 e. The number of aryl methyl sites for hydroxylation is 1. The zero-order chi connectivity index (χ0) is 19.6. The predicted octanol–water partition coefficient (Wildman–Crippen LogP) is 3.06. The van der Waals surface area contributed by atoms with Crippen LogP contribution in [-0.2, 0) is 0 Å². The van der Waals surface area contributed by atoms with E-state index in [1.165, 1.54) is 30.3 Å². The van der Waals surface area contributed by atoms with Crippen LogP contribution >= 0.6 is 0 Å². The third-order valence-corrected chi connectivity index (χ3v) is 4.83. The zero-order valence-electron chi connectivity index (χ0n) is 14.7. The van der Waals surface area contributed by atoms with Gasteiger partial charge in [-0.25, -0.2) is 8.78 Å². The van der Waals surface area contributed by atoms with Gasteiger partial charge in [0.15, 0.2) is 11.6 Å². The third-order valence-electron chi connectivity index (χ3n) is 4.83. The SMILES string of the molecule is Cc1cc(C(=O)NC2CNCCC2c2ccc(F)c(F)c2)ccc1[N+](=O)[O-]. The topological polar surface area (TPSA) is 84.3 Å². The van der Waals surface area contributed by atoms with Crippen LogP contribution in [0.3, 0.4) is 0 Å². The summed E-state index contributed by atoms with van der Waals surface area (Å²) in [5.41, 5.74) is 1.28. The lowest BCUT2D eigenvalue weighted by Gasteiger charge is -2.33. The summed E-state index contributed by atoms with van der Waals surface area (Å²) in [5.74, 6) is -2.35. The van der Waals surface area contributed by atoms with Crippen molar-refractivity contribution in [3.05, 3.63) is 74.8 Å². The molecule has 0 bridgehead atoms. The van der Waals surface area contributed by atoms with E-state index in [9.17, 15) is 23.7 Å². The molecule has 1 aliphatic rings. The molecule has 1 saturated heterocycles. The highest BCUT2D eigenvalue weighted by Gasteiger charge is 2.29. The molecule has 2 unspecified atom stereocenters. The number of hydrogen-bond donors (Lipinski definition) is 2. The highest BCUT2D eigenvalue weighted by Crippen LogP contribution is 2.27. The van der Waals surface area contributed by atoms with Gasteiger partial charge in [-0.3, -0.25) is 14.9 Å². The Morgan fingerprint density at radius 2 is 2.00 bits per heavy atom. The molecule has 0 aromatic heterocycles. The summed E-state index contributed by atoms with van der Waals surface area (Å²) in [7, 11) is 0. The lowest BCUT2D eigenvalue weighted by molar-refractivity contribution is -0.385. The van der Waals surface area contributed by atoms with Crippen LogP contribution in [0.5, 0.6) is 0 Å². The van der Waals surface area contributed by atoms with Gasteiger partial charge in [-0.2, -0.15) is 0 Å². The summed E-state index contributed by atoms with van der Waals surface area (Å²) in [4.78, 5) is 23.0. The molecule has 2 aromatic rings. The van der Waals surface area contributed by atoms with Gasteiger partial charge in [-0.05, 0) is 49.7 Å². The van der Waals surface area contributed by atoms with Gasteiger partial charge in [0.25, 0.3) is 11.6 Å². The Morgan fingerprint density at radius 3 is 2.67 bits per heavy atom. The number of piperidine rings is 1. The van der Waals surface area contributed by atoms with Crippen LogP contribution in [0.2, 0.25) is 0 Å². The van der Waals surface area contributed by atoms with E-state index in [0.29, 0.717) is 36.2 Å². The van der Waals surface area contributed by atoms with Crippen molar-refractivity contribution in [3.8, 4) is 0 Å². The van der Waals surface area contributed by atoms with Crippen LogP contribution in [0.25, 0.3) is 0 Å². The summed E-state index contributed by atoms with van der Waals surface area (Å²) in [5, 5.41) is 17.0. The van der Waals surface area contributed by atoms with Crippen LogP contribution in [0.4, 0.5) is 14.5 Å². The van der Waals surface area contributed by atoms with Crippen LogP contribution in [-0.4, -0.2) is 30.0 Å². The minimum absolute atomic E-state index is 0.0504. The van der Waals surface area contributed by atoms with Crippen LogP contribution < -0.4 is 10.6 Å². The number of hydrogen-bond acceptors (Lipinski definition) is 4. The second kappa shape index (κ2) is 7.79. The molecule has 1 aliphatic heterocycles. The third kappa shape index (κ3) is 4.11. The lowest BCUT2D eigenvalue weighted by Crippen LogP contribution is -2.50. The molecule has 0 spiro atoms. The lowest BCUT2D eigenvalue weighted by atomic mass is 9.85. The highest BCUT2D eigenvalue weighted by molar-refractivity contribution is 5.95. The number of carbonyl (C=O) groups is 1. The Kier molecular flexibility index (Phi) is 5.46. The minimum Gasteiger partial charge on any atom is -0.347 e. The first-order valence-electron chi connectivity index (χ1n) is 8.58. The summed E-state index contributed by atoms with van der Waals surface area (Å²) in [6.45, 7) is 2.76. The molecule has 142 valence electrons. The van der Waals surface area contributed by atoms with E-state index < -0.39 is 16.6 Å². The summed E-state index contributed by atoms with van der Waals surface area (Å²) in [6, 6.07) is 7.65. The van der Waals surface area contributed by atoms with Crippen LogP contribution in [0.15, 0.2) is 36.4 Å². The van der Waals surface area contributed by atoms with Gasteiger partial charge in [0, 0.05) is 35.7 Å². The molecular formula is C19H19F2N3O3. The van der Waals surface area contributed by atoms with E-state index in [0.717, 1.165) is 6.07 Å². The molecule has 2 atom stereocenters. The molecule has 0 aliphatic carbocycles. The molecule has 1 amide bonds. The van der Waals surface area contributed by atoms with Gasteiger partial charge in [0.2, 0.25) is 0 Å². The Bertz CT molecular complexity index is 888. The monoisotopic (exact) mass is 375 g/mol. The van der Waals surface area contributed by atoms with E-state index in [-0.39, 0.29) is 23.6 Å². The molecule has 1 heterocycles. The smallest absolute Gasteiger partial charge is 0.272 e. The summed E-state index contributed by atoms with van der Waals surface area (Å²) >= 11 is 0. The van der Waals surface area contributed by atoms with Crippen molar-refractivity contribution in [1.82, 2.24) is 10.6 Å². The minimum atomic E-state index is -0.915. The summed E-state index contributed by atoms with van der Waals surface area (Å²) in [6.07, 6.45) is 0.662. The van der Waals surface area contributed by atoms with Crippen molar-refractivity contribution in [3.63, 3.8) is 0 Å². The molecule has 2 aromatic carbocycles. The second-order valence-electron chi connectivity index (χ2n) is 6.61. The molecule has 0 radical (unpaired) electrons. The number of halogens is 2. The van der Waals surface area contributed by atoms with Gasteiger partial charge in [-0.1, -0.05) is 6.07 Å². The van der Waals surface area contributed by atoms with E-state index in [1.54, 1.807) is 6.92 Å². The number of nitro groups is 1. The molecule has 3 rings (SSSR count). The van der Waals surface area contributed by atoms with Crippen LogP contribution in [0.1, 0.15) is 33.8 Å². The Hall–Kier alpha value is -2.87. The average Bonchev–Trinajstić information content (AvgIpc) is 2.64. The predicted molar refractivity (Wildman–Crippen MR) is 95.7 cm³/mol. The normalized spacial score (nSPS) is 19.5. The number of nitrogens with zero attached hydrogens (tertiary/aromatic N) is 1. The molecule has 0 saturated carbocycles. The largest absolute Gasteiger partial charge is 0.347 e. The molecule has 6 nitrogen and oxygen atoms in total. The maximum atomic E-state index is 13.6. The van der Waals surface area contributed by atoms with Gasteiger partial charge in [0.1, 0.15) is 0 Å². The number of nitro benzene ring substituents is 1. The van der Waals surface area contributed by atoms with Crippen molar-refractivity contribution < 1.29 is 18.5 Å². The first kappa shape index (κ1) is 18.9. The average molecular weight is 375 g/mol. The van der Waals surface area contributed by atoms with Gasteiger partial charge in [0.05, 0.1) is 4.92 Å². The standard InChI is InChI=1S/C19H19F2N3O3/c1-11-8-13(3-5-18(11)24(26)27)19(25)23-17-10-22-7-6-14(17)12-2-4-15(20)16(21)9-12/h2-5,8-9,14,17,22H,6-7,10H2,1H3,(H,23,25). The Labute approximate surface area is 154 Å². The first-order valence-corrected chi connectivity index (χ1v) is 8.58. The number of benzene rings is 2. The van der Waals surface area contributed by atoms with Crippen LogP contribution in [0, 0.1) is 28.7 Å². The fourth-order valence-corrected chi connectivity index (χ4v) is 3.41. The summed E-state index contributed by atoms with van der Waals surface area (Å²) < 4.78 is 26.8. The molecule has 1 fully saturated rings. The zero-order valence-corrected chi connectivity index (χ0v) is 14.7. The van der Waals surface area contributed by atoms with Gasteiger partial charge in [-0.15, -0.1) is 0 Å².